The predicted molar refractivity (Wildman–Crippen MR) is 71.1 cm³/mol. The van der Waals surface area contributed by atoms with Crippen LogP contribution >= 0.6 is 15.9 Å². The molecule has 1 atom stereocenters. The molecule has 0 bridgehead atoms. The summed E-state index contributed by atoms with van der Waals surface area (Å²) < 4.78 is 13.8. The molecule has 0 aliphatic rings. The zero-order valence-electron chi connectivity index (χ0n) is 9.73. The lowest BCUT2D eigenvalue weighted by atomic mass is 9.96. The molecule has 1 unspecified atom stereocenters. The van der Waals surface area contributed by atoms with Gasteiger partial charge in [-0.1, -0.05) is 22.0 Å². The molecular formula is C14H11BrFNO. The number of rotatable bonds is 3. The molecule has 1 heterocycles. The standard InChI is InChI=1S/C14H11BrFNO/c1-9(13-4-2-3-5-17-13)14(18)10-6-11(15)8-12(16)7-10/h2-9H,1H3. The molecule has 18 heavy (non-hydrogen) atoms. The number of pyridine rings is 1. The van der Waals surface area contributed by atoms with Gasteiger partial charge >= 0.3 is 0 Å². The average molecular weight is 308 g/mol. The number of carbonyl (C=O) groups is 1. The van der Waals surface area contributed by atoms with Crippen molar-refractivity contribution in [3.05, 3.63) is 64.1 Å². The maximum absolute atomic E-state index is 13.3. The van der Waals surface area contributed by atoms with Gasteiger partial charge in [0.25, 0.3) is 0 Å². The van der Waals surface area contributed by atoms with Crippen LogP contribution in [0.15, 0.2) is 47.1 Å². The van der Waals surface area contributed by atoms with Gasteiger partial charge < -0.3 is 0 Å². The Kier molecular flexibility index (Phi) is 3.87. The summed E-state index contributed by atoms with van der Waals surface area (Å²) in [6.07, 6.45) is 1.64. The average Bonchev–Trinajstić information content (AvgIpc) is 2.37. The molecule has 0 saturated heterocycles. The summed E-state index contributed by atoms with van der Waals surface area (Å²) in [6.45, 7) is 1.77. The molecule has 0 amide bonds. The van der Waals surface area contributed by atoms with E-state index in [0.29, 0.717) is 15.7 Å². The third kappa shape index (κ3) is 2.82. The Labute approximate surface area is 113 Å². The molecule has 0 spiro atoms. The highest BCUT2D eigenvalue weighted by molar-refractivity contribution is 9.10. The van der Waals surface area contributed by atoms with E-state index in [1.165, 1.54) is 12.1 Å². The van der Waals surface area contributed by atoms with Gasteiger partial charge in [-0.2, -0.15) is 0 Å². The van der Waals surface area contributed by atoms with Crippen LogP contribution in [-0.4, -0.2) is 10.8 Å². The first-order chi connectivity index (χ1) is 8.58. The van der Waals surface area contributed by atoms with Crippen LogP contribution < -0.4 is 0 Å². The number of aromatic nitrogens is 1. The Hall–Kier alpha value is -1.55. The molecule has 0 N–H and O–H groups in total. The Morgan fingerprint density at radius 3 is 2.72 bits per heavy atom. The first-order valence-corrected chi connectivity index (χ1v) is 6.28. The maximum Gasteiger partial charge on any atom is 0.171 e. The molecule has 2 aromatic rings. The van der Waals surface area contributed by atoms with E-state index in [1.54, 1.807) is 31.3 Å². The zero-order valence-corrected chi connectivity index (χ0v) is 11.3. The first kappa shape index (κ1) is 12.9. The van der Waals surface area contributed by atoms with Crippen molar-refractivity contribution in [3.63, 3.8) is 0 Å². The highest BCUT2D eigenvalue weighted by Crippen LogP contribution is 2.22. The van der Waals surface area contributed by atoms with Gasteiger partial charge in [-0.15, -0.1) is 0 Å². The van der Waals surface area contributed by atoms with Crippen molar-refractivity contribution in [1.82, 2.24) is 4.98 Å². The summed E-state index contributed by atoms with van der Waals surface area (Å²) in [6, 6.07) is 9.59. The molecule has 0 saturated carbocycles. The van der Waals surface area contributed by atoms with Gasteiger partial charge in [0.05, 0.1) is 11.6 Å². The van der Waals surface area contributed by atoms with Crippen molar-refractivity contribution < 1.29 is 9.18 Å². The van der Waals surface area contributed by atoms with Crippen LogP contribution in [0.5, 0.6) is 0 Å². The van der Waals surface area contributed by atoms with Gasteiger partial charge in [0.1, 0.15) is 5.82 Å². The molecule has 0 aliphatic heterocycles. The molecule has 0 aliphatic carbocycles. The van der Waals surface area contributed by atoms with E-state index in [0.717, 1.165) is 0 Å². The smallest absolute Gasteiger partial charge is 0.171 e. The number of Topliss-reactive ketones (excluding diaryl/α,β-unsaturated/α-hetero) is 1. The minimum Gasteiger partial charge on any atom is -0.293 e. The van der Waals surface area contributed by atoms with Crippen molar-refractivity contribution in [2.24, 2.45) is 0 Å². The van der Waals surface area contributed by atoms with Crippen LogP contribution in [0, 0.1) is 5.82 Å². The molecular weight excluding hydrogens is 297 g/mol. The maximum atomic E-state index is 13.3. The Morgan fingerprint density at radius 2 is 2.11 bits per heavy atom. The topological polar surface area (TPSA) is 30.0 Å². The Morgan fingerprint density at radius 1 is 1.33 bits per heavy atom. The van der Waals surface area contributed by atoms with E-state index >= 15 is 0 Å². The van der Waals surface area contributed by atoms with Crippen molar-refractivity contribution in [2.75, 3.05) is 0 Å². The third-order valence-corrected chi connectivity index (χ3v) is 3.13. The highest BCUT2D eigenvalue weighted by atomic mass is 79.9. The summed E-state index contributed by atoms with van der Waals surface area (Å²) in [7, 11) is 0. The number of carbonyl (C=O) groups excluding carboxylic acids is 1. The van der Waals surface area contributed by atoms with Crippen LogP contribution in [0.25, 0.3) is 0 Å². The lowest BCUT2D eigenvalue weighted by molar-refractivity contribution is 0.0964. The lowest BCUT2D eigenvalue weighted by Crippen LogP contribution is -2.11. The summed E-state index contributed by atoms with van der Waals surface area (Å²) in [5.41, 5.74) is 1.03. The van der Waals surface area contributed by atoms with Crippen LogP contribution in [0.1, 0.15) is 28.9 Å². The van der Waals surface area contributed by atoms with Crippen molar-refractivity contribution in [3.8, 4) is 0 Å². The number of benzene rings is 1. The molecule has 0 fully saturated rings. The second kappa shape index (κ2) is 5.40. The highest BCUT2D eigenvalue weighted by Gasteiger charge is 2.19. The number of ketones is 1. The van der Waals surface area contributed by atoms with E-state index in [9.17, 15) is 9.18 Å². The molecule has 4 heteroatoms. The fourth-order valence-electron chi connectivity index (χ4n) is 1.71. The lowest BCUT2D eigenvalue weighted by Gasteiger charge is -2.10. The number of hydrogen-bond donors (Lipinski definition) is 0. The van der Waals surface area contributed by atoms with Crippen LogP contribution in [0.4, 0.5) is 4.39 Å². The van der Waals surface area contributed by atoms with Crippen molar-refractivity contribution >= 4 is 21.7 Å². The quantitative estimate of drug-likeness (QED) is 0.803. The predicted octanol–water partition coefficient (Wildman–Crippen LogP) is 3.97. The second-order valence-electron chi connectivity index (χ2n) is 4.00. The van der Waals surface area contributed by atoms with E-state index in [4.69, 9.17) is 0 Å². The van der Waals surface area contributed by atoms with Gasteiger partial charge in [0.2, 0.25) is 0 Å². The number of nitrogens with zero attached hydrogens (tertiary/aromatic N) is 1. The van der Waals surface area contributed by atoms with E-state index in [-0.39, 0.29) is 11.7 Å². The normalized spacial score (nSPS) is 12.2. The summed E-state index contributed by atoms with van der Waals surface area (Å²) in [5, 5.41) is 0. The third-order valence-electron chi connectivity index (χ3n) is 2.67. The van der Waals surface area contributed by atoms with Gasteiger partial charge in [-0.3, -0.25) is 9.78 Å². The summed E-state index contributed by atoms with van der Waals surface area (Å²) >= 11 is 3.18. The Balaban J connectivity index is 2.31. The van der Waals surface area contributed by atoms with Gasteiger partial charge in [-0.25, -0.2) is 4.39 Å². The summed E-state index contributed by atoms with van der Waals surface area (Å²) in [5.74, 6) is -0.963. The second-order valence-corrected chi connectivity index (χ2v) is 4.91. The van der Waals surface area contributed by atoms with Crippen molar-refractivity contribution in [2.45, 2.75) is 12.8 Å². The minimum absolute atomic E-state index is 0.145. The fourth-order valence-corrected chi connectivity index (χ4v) is 2.18. The molecule has 2 nitrogen and oxygen atoms in total. The largest absolute Gasteiger partial charge is 0.293 e. The van der Waals surface area contributed by atoms with Gasteiger partial charge in [-0.05, 0) is 37.3 Å². The number of hydrogen-bond acceptors (Lipinski definition) is 2. The minimum atomic E-state index is -0.430. The molecule has 1 aromatic carbocycles. The zero-order chi connectivity index (χ0) is 13.1. The van der Waals surface area contributed by atoms with Crippen molar-refractivity contribution in [1.29, 1.82) is 0 Å². The van der Waals surface area contributed by atoms with E-state index < -0.39 is 5.82 Å². The number of halogens is 2. The first-order valence-electron chi connectivity index (χ1n) is 5.49. The van der Waals surface area contributed by atoms with Crippen LogP contribution in [0.3, 0.4) is 0 Å². The molecule has 2 rings (SSSR count). The molecule has 0 radical (unpaired) electrons. The van der Waals surface area contributed by atoms with E-state index in [1.807, 2.05) is 6.07 Å². The molecule has 1 aromatic heterocycles. The monoisotopic (exact) mass is 307 g/mol. The molecule has 92 valence electrons. The van der Waals surface area contributed by atoms with E-state index in [2.05, 4.69) is 20.9 Å². The van der Waals surface area contributed by atoms with Crippen LogP contribution in [0.2, 0.25) is 0 Å². The fraction of sp³-hybridized carbons (Fsp3) is 0.143. The van der Waals surface area contributed by atoms with Crippen LogP contribution in [-0.2, 0) is 0 Å². The van der Waals surface area contributed by atoms with Gasteiger partial charge in [0, 0.05) is 16.2 Å². The SMILES string of the molecule is CC(C(=O)c1cc(F)cc(Br)c1)c1ccccn1. The Bertz CT molecular complexity index is 551. The van der Waals surface area contributed by atoms with Gasteiger partial charge in [0.15, 0.2) is 5.78 Å². The summed E-state index contributed by atoms with van der Waals surface area (Å²) in [4.78, 5) is 16.4.